The molecule has 2 rings (SSSR count). The topological polar surface area (TPSA) is 52.5 Å². The molecule has 0 aromatic heterocycles. The van der Waals surface area contributed by atoms with E-state index in [9.17, 15) is 10.2 Å². The molecule has 0 heterocycles. The molecule has 0 aliphatic rings. The quantitative estimate of drug-likeness (QED) is 0.729. The maximum atomic E-state index is 10.3. The monoisotopic (exact) mass is 319 g/mol. The van der Waals surface area contributed by atoms with Gasteiger partial charge in [-0.2, -0.15) is 0 Å². The molecule has 0 amide bonds. The van der Waals surface area contributed by atoms with Crippen LogP contribution in [0.25, 0.3) is 0 Å². The Labute approximate surface area is 136 Å². The van der Waals surface area contributed by atoms with Crippen molar-refractivity contribution in [3.8, 4) is 5.75 Å². The zero-order valence-electron chi connectivity index (χ0n) is 12.7. The first-order chi connectivity index (χ1) is 10.6. The highest BCUT2D eigenvalue weighted by molar-refractivity contribution is 6.32. The standard InChI is InChI=1S/C18H22ClNO2/c1-2-14(11-13-7-4-3-5-8-13)20-12-17(22)15-9-6-10-16(21)18(15)19/h3-10,14,17,20-22H,2,11-12H2,1H3/t14?,17-/m0/s1. The molecule has 0 saturated heterocycles. The first-order valence-corrected chi connectivity index (χ1v) is 7.92. The third kappa shape index (κ3) is 4.47. The highest BCUT2D eigenvalue weighted by atomic mass is 35.5. The van der Waals surface area contributed by atoms with Gasteiger partial charge >= 0.3 is 0 Å². The fourth-order valence-electron chi connectivity index (χ4n) is 2.44. The lowest BCUT2D eigenvalue weighted by atomic mass is 10.0. The molecule has 0 spiro atoms. The summed E-state index contributed by atoms with van der Waals surface area (Å²) in [6, 6.07) is 15.5. The number of halogens is 1. The van der Waals surface area contributed by atoms with Crippen LogP contribution in [-0.4, -0.2) is 22.8 Å². The summed E-state index contributed by atoms with van der Waals surface area (Å²) in [7, 11) is 0. The molecular formula is C18H22ClNO2. The molecule has 3 N–H and O–H groups in total. The number of phenols is 1. The summed E-state index contributed by atoms with van der Waals surface area (Å²) in [6.45, 7) is 2.52. The average molecular weight is 320 g/mol. The van der Waals surface area contributed by atoms with Crippen LogP contribution in [0.4, 0.5) is 0 Å². The predicted octanol–water partition coefficient (Wildman–Crippen LogP) is 3.69. The molecule has 3 nitrogen and oxygen atoms in total. The van der Waals surface area contributed by atoms with E-state index < -0.39 is 6.10 Å². The van der Waals surface area contributed by atoms with Gasteiger partial charge in [-0.3, -0.25) is 0 Å². The van der Waals surface area contributed by atoms with Crippen LogP contribution in [0.1, 0.15) is 30.6 Å². The Morgan fingerprint density at radius 1 is 1.09 bits per heavy atom. The molecule has 0 aliphatic heterocycles. The van der Waals surface area contributed by atoms with Gasteiger partial charge in [0.1, 0.15) is 5.75 Å². The Morgan fingerprint density at radius 2 is 1.82 bits per heavy atom. The number of hydrogen-bond donors (Lipinski definition) is 3. The van der Waals surface area contributed by atoms with E-state index in [0.29, 0.717) is 12.1 Å². The zero-order chi connectivity index (χ0) is 15.9. The van der Waals surface area contributed by atoms with Gasteiger partial charge in [-0.25, -0.2) is 0 Å². The zero-order valence-corrected chi connectivity index (χ0v) is 13.4. The number of rotatable bonds is 7. The van der Waals surface area contributed by atoms with Crippen molar-refractivity contribution in [3.05, 3.63) is 64.7 Å². The second-order valence-corrected chi connectivity index (χ2v) is 5.78. The minimum atomic E-state index is -0.746. The van der Waals surface area contributed by atoms with Crippen LogP contribution in [0, 0.1) is 0 Å². The van der Waals surface area contributed by atoms with E-state index in [1.54, 1.807) is 12.1 Å². The number of phenolic OH excluding ortho intramolecular Hbond substituents is 1. The molecular weight excluding hydrogens is 298 g/mol. The smallest absolute Gasteiger partial charge is 0.134 e. The Bertz CT molecular complexity index is 589. The lowest BCUT2D eigenvalue weighted by molar-refractivity contribution is 0.169. The number of aliphatic hydroxyl groups excluding tert-OH is 1. The number of nitrogens with one attached hydrogen (secondary N) is 1. The van der Waals surface area contributed by atoms with Crippen molar-refractivity contribution < 1.29 is 10.2 Å². The van der Waals surface area contributed by atoms with Gasteiger partial charge in [0, 0.05) is 18.2 Å². The van der Waals surface area contributed by atoms with Crippen LogP contribution in [0.15, 0.2) is 48.5 Å². The minimum absolute atomic E-state index is 0.00505. The summed E-state index contributed by atoms with van der Waals surface area (Å²) in [4.78, 5) is 0. The van der Waals surface area contributed by atoms with E-state index in [4.69, 9.17) is 11.6 Å². The summed E-state index contributed by atoms with van der Waals surface area (Å²) >= 11 is 6.03. The van der Waals surface area contributed by atoms with E-state index >= 15 is 0 Å². The van der Waals surface area contributed by atoms with Crippen LogP contribution in [-0.2, 0) is 6.42 Å². The highest BCUT2D eigenvalue weighted by Crippen LogP contribution is 2.30. The first-order valence-electron chi connectivity index (χ1n) is 7.54. The van der Waals surface area contributed by atoms with Gasteiger partial charge in [0.2, 0.25) is 0 Å². The van der Waals surface area contributed by atoms with Gasteiger partial charge in [0.15, 0.2) is 0 Å². The summed E-state index contributed by atoms with van der Waals surface area (Å²) in [6.07, 6.45) is 1.14. The van der Waals surface area contributed by atoms with Crippen molar-refractivity contribution in [1.82, 2.24) is 5.32 Å². The van der Waals surface area contributed by atoms with E-state index in [1.165, 1.54) is 11.6 Å². The van der Waals surface area contributed by atoms with Crippen molar-refractivity contribution in [1.29, 1.82) is 0 Å². The lowest BCUT2D eigenvalue weighted by Gasteiger charge is -2.20. The van der Waals surface area contributed by atoms with Crippen molar-refractivity contribution in [2.24, 2.45) is 0 Å². The first kappa shape index (κ1) is 16.8. The van der Waals surface area contributed by atoms with Crippen LogP contribution in [0.2, 0.25) is 5.02 Å². The van der Waals surface area contributed by atoms with Crippen LogP contribution < -0.4 is 5.32 Å². The molecule has 0 saturated carbocycles. The van der Waals surface area contributed by atoms with Crippen LogP contribution in [0.5, 0.6) is 5.75 Å². The number of benzene rings is 2. The molecule has 2 aromatic carbocycles. The van der Waals surface area contributed by atoms with Crippen molar-refractivity contribution in [3.63, 3.8) is 0 Å². The highest BCUT2D eigenvalue weighted by Gasteiger charge is 2.15. The summed E-state index contributed by atoms with van der Waals surface area (Å²) in [5.74, 6) is -0.00505. The van der Waals surface area contributed by atoms with E-state index in [-0.39, 0.29) is 16.8 Å². The van der Waals surface area contributed by atoms with Gasteiger partial charge in [-0.1, -0.05) is 61.0 Å². The fourth-order valence-corrected chi connectivity index (χ4v) is 2.69. The van der Waals surface area contributed by atoms with Gasteiger partial charge in [-0.05, 0) is 24.5 Å². The molecule has 0 aliphatic carbocycles. The second-order valence-electron chi connectivity index (χ2n) is 5.40. The third-order valence-corrected chi connectivity index (χ3v) is 4.20. The largest absolute Gasteiger partial charge is 0.506 e. The van der Waals surface area contributed by atoms with Crippen LogP contribution >= 0.6 is 11.6 Å². The number of aromatic hydroxyl groups is 1. The SMILES string of the molecule is CCC(Cc1ccccc1)NC[C@H](O)c1cccc(O)c1Cl. The Kier molecular flexibility index (Phi) is 6.25. The van der Waals surface area contributed by atoms with Gasteiger partial charge in [0.25, 0.3) is 0 Å². The summed E-state index contributed by atoms with van der Waals surface area (Å²) in [5, 5.41) is 23.5. The summed E-state index contributed by atoms with van der Waals surface area (Å²) < 4.78 is 0. The van der Waals surface area contributed by atoms with E-state index in [1.807, 2.05) is 18.2 Å². The molecule has 0 radical (unpaired) electrons. The second kappa shape index (κ2) is 8.18. The lowest BCUT2D eigenvalue weighted by Crippen LogP contribution is -2.34. The minimum Gasteiger partial charge on any atom is -0.506 e. The molecule has 22 heavy (non-hydrogen) atoms. The van der Waals surface area contributed by atoms with Gasteiger partial charge in [0.05, 0.1) is 11.1 Å². The maximum Gasteiger partial charge on any atom is 0.134 e. The molecule has 2 atom stereocenters. The maximum absolute atomic E-state index is 10.3. The molecule has 0 fully saturated rings. The van der Waals surface area contributed by atoms with E-state index in [0.717, 1.165) is 12.8 Å². The summed E-state index contributed by atoms with van der Waals surface area (Å²) in [5.41, 5.74) is 1.82. The van der Waals surface area contributed by atoms with E-state index in [2.05, 4.69) is 24.4 Å². The predicted molar refractivity (Wildman–Crippen MR) is 90.3 cm³/mol. The molecule has 0 bridgehead atoms. The van der Waals surface area contributed by atoms with Crippen LogP contribution in [0.3, 0.4) is 0 Å². The molecule has 4 heteroatoms. The Balaban J connectivity index is 1.94. The Morgan fingerprint density at radius 3 is 2.50 bits per heavy atom. The van der Waals surface area contributed by atoms with Crippen molar-refractivity contribution >= 4 is 11.6 Å². The fraction of sp³-hybridized carbons (Fsp3) is 0.333. The normalized spacial score (nSPS) is 13.8. The Hall–Kier alpha value is -1.55. The third-order valence-electron chi connectivity index (χ3n) is 3.78. The molecule has 1 unspecified atom stereocenters. The number of hydrogen-bond acceptors (Lipinski definition) is 3. The van der Waals surface area contributed by atoms with Crippen molar-refractivity contribution in [2.45, 2.75) is 31.9 Å². The molecule has 2 aromatic rings. The van der Waals surface area contributed by atoms with Crippen molar-refractivity contribution in [2.75, 3.05) is 6.54 Å². The molecule has 118 valence electrons. The van der Waals surface area contributed by atoms with Gasteiger partial charge in [-0.15, -0.1) is 0 Å². The van der Waals surface area contributed by atoms with Gasteiger partial charge < -0.3 is 15.5 Å². The average Bonchev–Trinajstić information content (AvgIpc) is 2.54. The number of aliphatic hydroxyl groups is 1.